The van der Waals surface area contributed by atoms with Crippen molar-refractivity contribution >= 4 is 6.09 Å². The molecule has 0 aromatic heterocycles. The normalized spacial score (nSPS) is 29.8. The molecule has 1 aliphatic heterocycles. The van der Waals surface area contributed by atoms with Gasteiger partial charge in [-0.2, -0.15) is 0 Å². The van der Waals surface area contributed by atoms with Gasteiger partial charge in [-0.25, -0.2) is 4.79 Å². The summed E-state index contributed by atoms with van der Waals surface area (Å²) >= 11 is 0. The van der Waals surface area contributed by atoms with Gasteiger partial charge in [0.25, 0.3) is 0 Å². The lowest BCUT2D eigenvalue weighted by atomic mass is 10.2. The van der Waals surface area contributed by atoms with Gasteiger partial charge in [0.1, 0.15) is 0 Å². The van der Waals surface area contributed by atoms with E-state index in [0.29, 0.717) is 6.54 Å². The lowest BCUT2D eigenvalue weighted by molar-refractivity contribution is 0.111. The van der Waals surface area contributed by atoms with Gasteiger partial charge in [0.15, 0.2) is 0 Å². The van der Waals surface area contributed by atoms with Crippen molar-refractivity contribution in [3.8, 4) is 0 Å². The van der Waals surface area contributed by atoms with Crippen molar-refractivity contribution in [3.05, 3.63) is 0 Å². The topological polar surface area (TPSA) is 64.0 Å². The smallest absolute Gasteiger partial charge is 0.407 e. The summed E-state index contributed by atoms with van der Waals surface area (Å²) in [6.07, 6.45) is -1.52. The van der Waals surface area contributed by atoms with Crippen LogP contribution in [0.4, 0.5) is 4.79 Å². The van der Waals surface area contributed by atoms with Crippen LogP contribution in [0, 0.1) is 0 Å². The molecule has 1 rings (SSSR count). The molecule has 1 aliphatic rings. The van der Waals surface area contributed by atoms with Gasteiger partial charge in [-0.15, -0.1) is 0 Å². The Hall–Kier alpha value is -0.810. The van der Waals surface area contributed by atoms with E-state index in [-0.39, 0.29) is 12.6 Å². The minimum absolute atomic E-state index is 0.0684. The fourth-order valence-corrected chi connectivity index (χ4v) is 1.43. The molecule has 2 atom stereocenters. The van der Waals surface area contributed by atoms with E-state index in [2.05, 4.69) is 0 Å². The number of aliphatic hydroxyl groups is 1. The molecule has 1 saturated heterocycles. The van der Waals surface area contributed by atoms with E-state index in [4.69, 9.17) is 5.11 Å². The van der Waals surface area contributed by atoms with Crippen molar-refractivity contribution in [1.82, 2.24) is 9.80 Å². The van der Waals surface area contributed by atoms with Crippen LogP contribution < -0.4 is 0 Å². The molecule has 0 aliphatic carbocycles. The number of rotatable bonds is 1. The van der Waals surface area contributed by atoms with Gasteiger partial charge >= 0.3 is 6.09 Å². The van der Waals surface area contributed by atoms with Gasteiger partial charge in [0.05, 0.1) is 18.7 Å². The fourth-order valence-electron chi connectivity index (χ4n) is 1.43. The first-order valence-corrected chi connectivity index (χ1v) is 3.84. The zero-order valence-electron chi connectivity index (χ0n) is 7.27. The van der Waals surface area contributed by atoms with Gasteiger partial charge in [0, 0.05) is 6.54 Å². The minimum Gasteiger partial charge on any atom is -0.465 e. The standard InChI is InChI=1S/C7H14N2O3/c1-8(2)5-3-9(7(11)12)4-6(5)10/h5-6,10H,3-4H2,1-2H3,(H,11,12)/t5-,6-/m1/s1. The molecule has 0 radical (unpaired) electrons. The van der Waals surface area contributed by atoms with Gasteiger partial charge in [0.2, 0.25) is 0 Å². The van der Waals surface area contributed by atoms with Crippen LogP contribution in [-0.2, 0) is 0 Å². The number of aliphatic hydroxyl groups excluding tert-OH is 1. The summed E-state index contributed by atoms with van der Waals surface area (Å²) in [7, 11) is 3.67. The number of likely N-dealkylation sites (N-methyl/N-ethyl adjacent to an activating group) is 1. The number of carbonyl (C=O) groups is 1. The molecule has 0 aromatic carbocycles. The van der Waals surface area contributed by atoms with Crippen LogP contribution >= 0.6 is 0 Å². The van der Waals surface area contributed by atoms with Crippen LogP contribution in [0.15, 0.2) is 0 Å². The predicted molar refractivity (Wildman–Crippen MR) is 43.1 cm³/mol. The minimum atomic E-state index is -0.960. The predicted octanol–water partition coefficient (Wildman–Crippen LogP) is -0.729. The van der Waals surface area contributed by atoms with Gasteiger partial charge in [-0.3, -0.25) is 0 Å². The molecule has 12 heavy (non-hydrogen) atoms. The van der Waals surface area contributed by atoms with E-state index >= 15 is 0 Å². The monoisotopic (exact) mass is 174 g/mol. The third kappa shape index (κ3) is 1.67. The maximum Gasteiger partial charge on any atom is 0.407 e. The Labute approximate surface area is 71.2 Å². The van der Waals surface area contributed by atoms with Crippen LogP contribution in [0.5, 0.6) is 0 Å². The maximum atomic E-state index is 10.5. The third-order valence-corrected chi connectivity index (χ3v) is 2.19. The van der Waals surface area contributed by atoms with E-state index < -0.39 is 12.2 Å². The second-order valence-electron chi connectivity index (χ2n) is 3.29. The van der Waals surface area contributed by atoms with Crippen molar-refractivity contribution in [3.63, 3.8) is 0 Å². The molecule has 2 N–H and O–H groups in total. The lowest BCUT2D eigenvalue weighted by Crippen LogP contribution is -2.38. The number of hydrogen-bond acceptors (Lipinski definition) is 3. The Morgan fingerprint density at radius 2 is 2.08 bits per heavy atom. The van der Waals surface area contributed by atoms with Crippen LogP contribution in [0.25, 0.3) is 0 Å². The highest BCUT2D eigenvalue weighted by Crippen LogP contribution is 2.13. The molecular weight excluding hydrogens is 160 g/mol. The van der Waals surface area contributed by atoms with Crippen LogP contribution in [0.1, 0.15) is 0 Å². The summed E-state index contributed by atoms with van der Waals surface area (Å²) in [6.45, 7) is 0.613. The lowest BCUT2D eigenvalue weighted by Gasteiger charge is -2.20. The quantitative estimate of drug-likeness (QED) is 0.550. The van der Waals surface area contributed by atoms with Gasteiger partial charge in [-0.05, 0) is 14.1 Å². The number of β-amino-alcohol motifs (C(OH)–C–C–N with tert-alkyl or cyclic N) is 1. The third-order valence-electron chi connectivity index (χ3n) is 2.19. The summed E-state index contributed by atoms with van der Waals surface area (Å²) in [5.74, 6) is 0. The van der Waals surface area contributed by atoms with Crippen molar-refractivity contribution in [2.75, 3.05) is 27.2 Å². The maximum absolute atomic E-state index is 10.5. The van der Waals surface area contributed by atoms with Crippen LogP contribution in [0.3, 0.4) is 0 Å². The Balaban J connectivity index is 2.56. The molecular formula is C7H14N2O3. The number of amides is 1. The SMILES string of the molecule is CN(C)[C@@H]1CN(C(=O)O)C[C@H]1O. The Kier molecular flexibility index (Phi) is 2.54. The molecule has 1 amide bonds. The zero-order chi connectivity index (χ0) is 9.30. The Bertz CT molecular complexity index is 183. The van der Waals surface area contributed by atoms with Crippen LogP contribution in [-0.4, -0.2) is 65.4 Å². The van der Waals surface area contributed by atoms with Crippen molar-refractivity contribution in [2.24, 2.45) is 0 Å². The molecule has 1 fully saturated rings. The van der Waals surface area contributed by atoms with Gasteiger partial charge < -0.3 is 20.0 Å². The molecule has 0 unspecified atom stereocenters. The highest BCUT2D eigenvalue weighted by atomic mass is 16.4. The molecule has 5 heteroatoms. The number of hydrogen-bond donors (Lipinski definition) is 2. The summed E-state index contributed by atoms with van der Waals surface area (Å²) in [5.41, 5.74) is 0. The Morgan fingerprint density at radius 3 is 2.33 bits per heavy atom. The van der Waals surface area contributed by atoms with Crippen molar-refractivity contribution in [2.45, 2.75) is 12.1 Å². The first-order valence-electron chi connectivity index (χ1n) is 3.84. The first kappa shape index (κ1) is 9.28. The second kappa shape index (κ2) is 3.28. The van der Waals surface area contributed by atoms with Crippen molar-refractivity contribution in [1.29, 1.82) is 0 Å². The number of carboxylic acid groups (broad SMARTS) is 1. The molecule has 0 spiro atoms. The average Bonchev–Trinajstić information content (AvgIpc) is 2.30. The van der Waals surface area contributed by atoms with E-state index in [1.807, 2.05) is 19.0 Å². The number of nitrogens with zero attached hydrogens (tertiary/aromatic N) is 2. The summed E-state index contributed by atoms with van der Waals surface area (Å²) < 4.78 is 0. The van der Waals surface area contributed by atoms with E-state index in [9.17, 15) is 9.90 Å². The molecule has 5 nitrogen and oxygen atoms in total. The molecule has 0 bridgehead atoms. The summed E-state index contributed by atoms with van der Waals surface area (Å²) in [5, 5.41) is 18.1. The molecule has 0 aromatic rings. The first-order chi connectivity index (χ1) is 5.52. The molecule has 70 valence electrons. The van der Waals surface area contributed by atoms with E-state index in [0.717, 1.165) is 0 Å². The van der Waals surface area contributed by atoms with E-state index in [1.54, 1.807) is 0 Å². The Morgan fingerprint density at radius 1 is 1.50 bits per heavy atom. The average molecular weight is 174 g/mol. The zero-order valence-corrected chi connectivity index (χ0v) is 7.27. The largest absolute Gasteiger partial charge is 0.465 e. The van der Waals surface area contributed by atoms with Gasteiger partial charge in [-0.1, -0.05) is 0 Å². The summed E-state index contributed by atoms with van der Waals surface area (Å²) in [4.78, 5) is 13.6. The molecule has 1 heterocycles. The van der Waals surface area contributed by atoms with Crippen LogP contribution in [0.2, 0.25) is 0 Å². The second-order valence-corrected chi connectivity index (χ2v) is 3.29. The number of likely N-dealkylation sites (tertiary alicyclic amines) is 1. The fraction of sp³-hybridized carbons (Fsp3) is 0.857. The van der Waals surface area contributed by atoms with E-state index in [1.165, 1.54) is 4.90 Å². The molecule has 0 saturated carbocycles. The highest BCUT2D eigenvalue weighted by Gasteiger charge is 2.34. The highest BCUT2D eigenvalue weighted by molar-refractivity contribution is 5.65. The van der Waals surface area contributed by atoms with Crippen molar-refractivity contribution < 1.29 is 15.0 Å². The summed E-state index contributed by atoms with van der Waals surface area (Å²) in [6, 6.07) is -0.0684.